The average Bonchev–Trinajstić information content (AvgIpc) is 2.04. The summed E-state index contributed by atoms with van der Waals surface area (Å²) < 4.78 is 0. The van der Waals surface area contributed by atoms with Gasteiger partial charge in [0, 0.05) is 23.9 Å². The van der Waals surface area contributed by atoms with Crippen LogP contribution in [0.15, 0.2) is 17.6 Å². The van der Waals surface area contributed by atoms with Crippen LogP contribution in [0.4, 0.5) is 5.82 Å². The molecule has 0 fully saturated rings. The van der Waals surface area contributed by atoms with Crippen molar-refractivity contribution in [3.63, 3.8) is 0 Å². The molecule has 1 aliphatic heterocycles. The van der Waals surface area contributed by atoms with Crippen molar-refractivity contribution >= 4 is 11.5 Å². The van der Waals surface area contributed by atoms with Crippen molar-refractivity contribution in [1.29, 1.82) is 0 Å². The number of aromatic nitrogens is 2. The van der Waals surface area contributed by atoms with Gasteiger partial charge >= 0.3 is 0 Å². The number of hydrogen-bond acceptors (Lipinski definition) is 4. The van der Waals surface area contributed by atoms with E-state index < -0.39 is 0 Å². The number of rotatable bonds is 0. The third kappa shape index (κ3) is 1.07. The summed E-state index contributed by atoms with van der Waals surface area (Å²) in [5, 5.41) is 4.05. The molecule has 0 spiro atoms. The quantitative estimate of drug-likeness (QED) is 0.592. The molecule has 1 aliphatic rings. The number of hydrogen-bond donors (Lipinski definition) is 1. The summed E-state index contributed by atoms with van der Waals surface area (Å²) in [5.74, 6) is 0.825. The molecule has 1 aromatic rings. The van der Waals surface area contributed by atoms with Crippen LogP contribution in [0.1, 0.15) is 12.5 Å². The van der Waals surface area contributed by atoms with Gasteiger partial charge in [0.25, 0.3) is 0 Å². The summed E-state index contributed by atoms with van der Waals surface area (Å²) in [7, 11) is 0. The minimum absolute atomic E-state index is 0.825. The Hall–Kier alpha value is -1.45. The Morgan fingerprint density at radius 1 is 1.55 bits per heavy atom. The van der Waals surface area contributed by atoms with Gasteiger partial charge in [0.15, 0.2) is 5.82 Å². The molecule has 0 saturated heterocycles. The predicted molar refractivity (Wildman–Crippen MR) is 42.5 cm³/mol. The largest absolute Gasteiger partial charge is 0.261 e. The van der Waals surface area contributed by atoms with Crippen molar-refractivity contribution in [1.82, 2.24) is 9.97 Å². The van der Waals surface area contributed by atoms with E-state index in [1.165, 1.54) is 6.33 Å². The molecule has 2 heterocycles. The van der Waals surface area contributed by atoms with Crippen molar-refractivity contribution in [2.24, 2.45) is 5.10 Å². The third-order valence-electron chi connectivity index (χ3n) is 1.59. The fraction of sp³-hybridized carbons (Fsp3) is 0.286. The molecule has 0 bridgehead atoms. The Morgan fingerprint density at radius 2 is 2.45 bits per heavy atom. The van der Waals surface area contributed by atoms with E-state index in [1.807, 2.05) is 13.1 Å². The molecule has 4 nitrogen and oxygen atoms in total. The molecule has 0 unspecified atom stereocenters. The Morgan fingerprint density at radius 3 is 3.36 bits per heavy atom. The van der Waals surface area contributed by atoms with Gasteiger partial charge in [-0.25, -0.2) is 9.97 Å². The first-order valence-electron chi connectivity index (χ1n) is 3.44. The highest BCUT2D eigenvalue weighted by atomic mass is 15.3. The van der Waals surface area contributed by atoms with Crippen LogP contribution in [-0.2, 0) is 6.42 Å². The van der Waals surface area contributed by atoms with E-state index in [1.54, 1.807) is 0 Å². The molecule has 0 radical (unpaired) electrons. The molecule has 56 valence electrons. The first kappa shape index (κ1) is 6.27. The lowest BCUT2D eigenvalue weighted by Crippen LogP contribution is -2.11. The first-order valence-corrected chi connectivity index (χ1v) is 3.44. The smallest absolute Gasteiger partial charge is 0.153 e. The van der Waals surface area contributed by atoms with Crippen LogP contribution in [0.5, 0.6) is 0 Å². The van der Waals surface area contributed by atoms with Crippen LogP contribution >= 0.6 is 0 Å². The Kier molecular flexibility index (Phi) is 1.31. The van der Waals surface area contributed by atoms with Crippen molar-refractivity contribution in [2.75, 3.05) is 5.43 Å². The van der Waals surface area contributed by atoms with Gasteiger partial charge in [0.2, 0.25) is 0 Å². The SMILES string of the molecule is CC1=NNc2ncncc2C1. The van der Waals surface area contributed by atoms with Gasteiger partial charge in [-0.05, 0) is 6.92 Å². The second-order valence-corrected chi connectivity index (χ2v) is 2.53. The normalized spacial score (nSPS) is 14.8. The van der Waals surface area contributed by atoms with Gasteiger partial charge in [-0.1, -0.05) is 0 Å². The molecule has 0 aliphatic carbocycles. The van der Waals surface area contributed by atoms with Crippen molar-refractivity contribution in [3.05, 3.63) is 18.1 Å². The van der Waals surface area contributed by atoms with E-state index in [2.05, 4.69) is 20.5 Å². The number of hydrazone groups is 1. The zero-order valence-corrected chi connectivity index (χ0v) is 6.20. The summed E-state index contributed by atoms with van der Waals surface area (Å²) in [5.41, 5.74) is 5.02. The average molecular weight is 148 g/mol. The lowest BCUT2D eigenvalue weighted by molar-refractivity contribution is 1.05. The summed E-state index contributed by atoms with van der Waals surface area (Å²) >= 11 is 0. The van der Waals surface area contributed by atoms with Crippen LogP contribution in [-0.4, -0.2) is 15.7 Å². The molecule has 1 N–H and O–H groups in total. The van der Waals surface area contributed by atoms with E-state index in [9.17, 15) is 0 Å². The molecule has 11 heavy (non-hydrogen) atoms. The minimum Gasteiger partial charge on any atom is -0.261 e. The van der Waals surface area contributed by atoms with Crippen LogP contribution in [0, 0.1) is 0 Å². The van der Waals surface area contributed by atoms with Crippen LogP contribution in [0.25, 0.3) is 0 Å². The monoisotopic (exact) mass is 148 g/mol. The first-order chi connectivity index (χ1) is 5.36. The Labute approximate surface area is 64.4 Å². The van der Waals surface area contributed by atoms with E-state index in [0.29, 0.717) is 0 Å². The molecule has 0 saturated carbocycles. The van der Waals surface area contributed by atoms with Crippen molar-refractivity contribution in [3.8, 4) is 0 Å². The molecule has 0 aromatic carbocycles. The number of anilines is 1. The zero-order chi connectivity index (χ0) is 7.68. The van der Waals surface area contributed by atoms with Crippen LogP contribution < -0.4 is 5.43 Å². The highest BCUT2D eigenvalue weighted by Crippen LogP contribution is 2.14. The molecule has 0 atom stereocenters. The molecule has 2 rings (SSSR count). The minimum atomic E-state index is 0.825. The van der Waals surface area contributed by atoms with E-state index >= 15 is 0 Å². The van der Waals surface area contributed by atoms with Crippen LogP contribution in [0.3, 0.4) is 0 Å². The molecular weight excluding hydrogens is 140 g/mol. The summed E-state index contributed by atoms with van der Waals surface area (Å²) in [4.78, 5) is 7.95. The molecule has 4 heteroatoms. The number of nitrogens with one attached hydrogen (secondary N) is 1. The maximum Gasteiger partial charge on any atom is 0.153 e. The zero-order valence-electron chi connectivity index (χ0n) is 6.20. The topological polar surface area (TPSA) is 50.2 Å². The highest BCUT2D eigenvalue weighted by Gasteiger charge is 2.08. The second-order valence-electron chi connectivity index (χ2n) is 2.53. The second kappa shape index (κ2) is 2.30. The fourth-order valence-electron chi connectivity index (χ4n) is 1.05. The maximum absolute atomic E-state index is 4.05. The summed E-state index contributed by atoms with van der Waals surface area (Å²) in [6.45, 7) is 1.98. The summed E-state index contributed by atoms with van der Waals surface area (Å²) in [6, 6.07) is 0. The number of fused-ring (bicyclic) bond motifs is 1. The van der Waals surface area contributed by atoms with Gasteiger partial charge in [-0.3, -0.25) is 5.43 Å². The Balaban J connectivity index is 2.42. The van der Waals surface area contributed by atoms with Gasteiger partial charge in [0.1, 0.15) is 6.33 Å². The summed E-state index contributed by atoms with van der Waals surface area (Å²) in [6.07, 6.45) is 4.18. The van der Waals surface area contributed by atoms with E-state index in [0.717, 1.165) is 23.5 Å². The molecule has 0 amide bonds. The van der Waals surface area contributed by atoms with Crippen molar-refractivity contribution in [2.45, 2.75) is 13.3 Å². The van der Waals surface area contributed by atoms with E-state index in [-0.39, 0.29) is 0 Å². The van der Waals surface area contributed by atoms with E-state index in [4.69, 9.17) is 0 Å². The van der Waals surface area contributed by atoms with Gasteiger partial charge < -0.3 is 0 Å². The van der Waals surface area contributed by atoms with Gasteiger partial charge in [-0.2, -0.15) is 5.10 Å². The lowest BCUT2D eigenvalue weighted by atomic mass is 10.1. The van der Waals surface area contributed by atoms with Crippen molar-refractivity contribution < 1.29 is 0 Å². The highest BCUT2D eigenvalue weighted by molar-refractivity contribution is 5.87. The third-order valence-corrected chi connectivity index (χ3v) is 1.59. The lowest BCUT2D eigenvalue weighted by Gasteiger charge is -2.11. The number of nitrogens with zero attached hydrogens (tertiary/aromatic N) is 3. The predicted octanol–water partition coefficient (Wildman–Crippen LogP) is 0.821. The van der Waals surface area contributed by atoms with Gasteiger partial charge in [-0.15, -0.1) is 0 Å². The van der Waals surface area contributed by atoms with Gasteiger partial charge in [0.05, 0.1) is 0 Å². The fourth-order valence-corrected chi connectivity index (χ4v) is 1.05. The molecule has 1 aromatic heterocycles. The Bertz CT molecular complexity index is 305. The standard InChI is InChI=1S/C7H8N4/c1-5-2-6-3-8-4-9-7(6)11-10-5/h3-4H,2H2,1H3,(H,8,9,11). The molecular formula is C7H8N4. The maximum atomic E-state index is 4.05. The van der Waals surface area contributed by atoms with Crippen LogP contribution in [0.2, 0.25) is 0 Å².